The summed E-state index contributed by atoms with van der Waals surface area (Å²) in [6.07, 6.45) is 3.57. The first-order chi connectivity index (χ1) is 9.65. The molecule has 0 spiro atoms. The highest BCUT2D eigenvalue weighted by atomic mass is 32.1. The number of fused-ring (bicyclic) bond motifs is 1. The maximum Gasteiger partial charge on any atom is 0.228 e. The lowest BCUT2D eigenvalue weighted by atomic mass is 10.2. The van der Waals surface area contributed by atoms with Gasteiger partial charge in [-0.1, -0.05) is 19.9 Å². The largest absolute Gasteiger partial charge is 0.308 e. The number of nitrogens with zero attached hydrogens (tertiary/aromatic N) is 2. The summed E-state index contributed by atoms with van der Waals surface area (Å²) in [5, 5.41) is 9.94. The molecule has 0 aliphatic carbocycles. The minimum Gasteiger partial charge on any atom is -0.308 e. The molecule has 0 aromatic carbocycles. The number of rotatable bonds is 3. The molecule has 0 aliphatic rings. The second kappa shape index (κ2) is 5.05. The number of H-pyrrole nitrogens is 1. The van der Waals surface area contributed by atoms with Crippen molar-refractivity contribution in [3.05, 3.63) is 30.6 Å². The van der Waals surface area contributed by atoms with Gasteiger partial charge in [-0.3, -0.25) is 14.9 Å². The van der Waals surface area contributed by atoms with Crippen molar-refractivity contribution < 1.29 is 4.79 Å². The molecule has 102 valence electrons. The molecule has 3 rings (SSSR count). The molecular formula is C14H14N4OS. The number of amides is 1. The van der Waals surface area contributed by atoms with Gasteiger partial charge in [0.1, 0.15) is 0 Å². The van der Waals surface area contributed by atoms with Crippen molar-refractivity contribution in [2.24, 2.45) is 5.92 Å². The van der Waals surface area contributed by atoms with Gasteiger partial charge in [0.25, 0.3) is 0 Å². The molecule has 0 saturated carbocycles. The van der Waals surface area contributed by atoms with E-state index in [0.29, 0.717) is 5.82 Å². The molecule has 20 heavy (non-hydrogen) atoms. The van der Waals surface area contributed by atoms with Gasteiger partial charge in [-0.2, -0.15) is 5.10 Å². The van der Waals surface area contributed by atoms with Crippen LogP contribution in [0.2, 0.25) is 0 Å². The van der Waals surface area contributed by atoms with Crippen molar-refractivity contribution >= 4 is 33.3 Å². The quantitative estimate of drug-likeness (QED) is 0.776. The zero-order chi connectivity index (χ0) is 14.1. The molecule has 3 aromatic rings. The standard InChI is InChI=1S/C14H14N4OS/c1-8(2)14(19)16-13-12-10(17-18-13)6-11(20-12)9-4-3-5-15-7-9/h3-8H,1-2H3,(H2,16,17,18,19). The number of thiophene rings is 1. The van der Waals surface area contributed by atoms with Crippen molar-refractivity contribution in [3.8, 4) is 10.4 Å². The average Bonchev–Trinajstić information content (AvgIpc) is 3.01. The van der Waals surface area contributed by atoms with Crippen LogP contribution in [0.3, 0.4) is 0 Å². The highest BCUT2D eigenvalue weighted by Crippen LogP contribution is 2.35. The molecule has 1 amide bonds. The predicted molar refractivity (Wildman–Crippen MR) is 80.7 cm³/mol. The summed E-state index contributed by atoms with van der Waals surface area (Å²) >= 11 is 1.59. The topological polar surface area (TPSA) is 70.7 Å². The normalized spacial score (nSPS) is 11.2. The molecule has 0 atom stereocenters. The highest BCUT2D eigenvalue weighted by Gasteiger charge is 2.15. The fourth-order valence-electron chi connectivity index (χ4n) is 1.81. The second-order valence-electron chi connectivity index (χ2n) is 4.81. The summed E-state index contributed by atoms with van der Waals surface area (Å²) in [5.74, 6) is 0.494. The molecule has 0 unspecified atom stereocenters. The summed E-state index contributed by atoms with van der Waals surface area (Å²) < 4.78 is 0.956. The minimum absolute atomic E-state index is 0.0327. The van der Waals surface area contributed by atoms with Crippen molar-refractivity contribution in [1.29, 1.82) is 0 Å². The lowest BCUT2D eigenvalue weighted by molar-refractivity contribution is -0.118. The van der Waals surface area contributed by atoms with Gasteiger partial charge in [0.15, 0.2) is 5.82 Å². The van der Waals surface area contributed by atoms with E-state index in [0.717, 1.165) is 20.7 Å². The third kappa shape index (κ3) is 2.30. The number of aromatic nitrogens is 3. The van der Waals surface area contributed by atoms with E-state index in [4.69, 9.17) is 0 Å². The van der Waals surface area contributed by atoms with E-state index in [-0.39, 0.29) is 11.8 Å². The Morgan fingerprint density at radius 3 is 3.00 bits per heavy atom. The molecule has 5 nitrogen and oxygen atoms in total. The molecule has 6 heteroatoms. The Hall–Kier alpha value is -2.21. The predicted octanol–water partition coefficient (Wildman–Crippen LogP) is 3.28. The average molecular weight is 286 g/mol. The summed E-state index contributed by atoms with van der Waals surface area (Å²) in [4.78, 5) is 17.0. The van der Waals surface area contributed by atoms with E-state index in [1.165, 1.54) is 0 Å². The Morgan fingerprint density at radius 1 is 1.45 bits per heavy atom. The summed E-state index contributed by atoms with van der Waals surface area (Å²) in [5.41, 5.74) is 1.98. The zero-order valence-electron chi connectivity index (χ0n) is 11.2. The molecular weight excluding hydrogens is 272 g/mol. The first-order valence-corrected chi connectivity index (χ1v) is 7.16. The molecule has 3 aromatic heterocycles. The van der Waals surface area contributed by atoms with Gasteiger partial charge in [0.05, 0.1) is 10.2 Å². The zero-order valence-corrected chi connectivity index (χ0v) is 12.0. The third-order valence-corrected chi connectivity index (χ3v) is 4.14. The summed E-state index contributed by atoms with van der Waals surface area (Å²) in [6.45, 7) is 3.71. The number of hydrogen-bond acceptors (Lipinski definition) is 4. The monoisotopic (exact) mass is 286 g/mol. The molecule has 0 bridgehead atoms. The van der Waals surface area contributed by atoms with Gasteiger partial charge in [0.2, 0.25) is 5.91 Å². The SMILES string of the molecule is CC(C)C(=O)Nc1n[nH]c2cc(-c3cccnc3)sc12. The Bertz CT molecular complexity index is 745. The Labute approximate surface area is 120 Å². The van der Waals surface area contributed by atoms with Crippen LogP contribution in [0.5, 0.6) is 0 Å². The van der Waals surface area contributed by atoms with Crippen molar-refractivity contribution in [2.45, 2.75) is 13.8 Å². The molecule has 3 heterocycles. The number of pyridine rings is 1. The van der Waals surface area contributed by atoms with E-state index >= 15 is 0 Å². The number of anilines is 1. The van der Waals surface area contributed by atoms with Crippen molar-refractivity contribution in [1.82, 2.24) is 15.2 Å². The lowest BCUT2D eigenvalue weighted by Gasteiger charge is -2.03. The van der Waals surface area contributed by atoms with E-state index in [1.807, 2.05) is 38.2 Å². The van der Waals surface area contributed by atoms with E-state index in [1.54, 1.807) is 17.5 Å². The van der Waals surface area contributed by atoms with Crippen LogP contribution in [0.1, 0.15) is 13.8 Å². The van der Waals surface area contributed by atoms with Crippen LogP contribution in [0, 0.1) is 5.92 Å². The first kappa shape index (κ1) is 12.8. The first-order valence-electron chi connectivity index (χ1n) is 6.34. The number of aromatic amines is 1. The van der Waals surface area contributed by atoms with Crippen LogP contribution < -0.4 is 5.32 Å². The van der Waals surface area contributed by atoms with Crippen LogP contribution in [0.25, 0.3) is 20.7 Å². The molecule has 0 saturated heterocycles. The maximum atomic E-state index is 11.8. The molecule has 0 radical (unpaired) electrons. The Kier molecular flexibility index (Phi) is 3.23. The van der Waals surface area contributed by atoms with E-state index in [9.17, 15) is 4.79 Å². The van der Waals surface area contributed by atoms with Crippen LogP contribution in [0.4, 0.5) is 5.82 Å². The third-order valence-electron chi connectivity index (χ3n) is 2.95. The van der Waals surface area contributed by atoms with Gasteiger partial charge < -0.3 is 5.32 Å². The van der Waals surface area contributed by atoms with Crippen molar-refractivity contribution in [2.75, 3.05) is 5.32 Å². The van der Waals surface area contributed by atoms with Gasteiger partial charge >= 0.3 is 0 Å². The maximum absolute atomic E-state index is 11.8. The highest BCUT2D eigenvalue weighted by molar-refractivity contribution is 7.22. The van der Waals surface area contributed by atoms with Crippen LogP contribution in [0.15, 0.2) is 30.6 Å². The van der Waals surface area contributed by atoms with Crippen LogP contribution >= 0.6 is 11.3 Å². The molecule has 0 fully saturated rings. The Morgan fingerprint density at radius 2 is 2.30 bits per heavy atom. The number of hydrogen-bond donors (Lipinski definition) is 2. The van der Waals surface area contributed by atoms with E-state index in [2.05, 4.69) is 20.5 Å². The van der Waals surface area contributed by atoms with Gasteiger partial charge in [-0.15, -0.1) is 11.3 Å². The number of nitrogens with one attached hydrogen (secondary N) is 2. The van der Waals surface area contributed by atoms with Crippen molar-refractivity contribution in [3.63, 3.8) is 0 Å². The number of carbonyl (C=O) groups excluding carboxylic acids is 1. The molecule has 0 aliphatic heterocycles. The summed E-state index contributed by atoms with van der Waals surface area (Å²) in [6, 6.07) is 5.94. The number of carbonyl (C=O) groups is 1. The smallest absolute Gasteiger partial charge is 0.228 e. The Balaban J connectivity index is 1.97. The fraction of sp³-hybridized carbons (Fsp3) is 0.214. The van der Waals surface area contributed by atoms with Gasteiger partial charge in [-0.05, 0) is 12.1 Å². The van der Waals surface area contributed by atoms with E-state index < -0.39 is 0 Å². The summed E-state index contributed by atoms with van der Waals surface area (Å²) in [7, 11) is 0. The van der Waals surface area contributed by atoms with Gasteiger partial charge in [-0.25, -0.2) is 0 Å². The second-order valence-corrected chi connectivity index (χ2v) is 5.86. The fourth-order valence-corrected chi connectivity index (χ4v) is 2.86. The van der Waals surface area contributed by atoms with Gasteiger partial charge in [0, 0.05) is 28.8 Å². The molecule has 2 N–H and O–H groups in total. The van der Waals surface area contributed by atoms with Crippen LogP contribution in [-0.2, 0) is 4.79 Å². The van der Waals surface area contributed by atoms with Crippen LogP contribution in [-0.4, -0.2) is 21.1 Å². The lowest BCUT2D eigenvalue weighted by Crippen LogP contribution is -2.17. The minimum atomic E-state index is -0.0699.